The molecule has 1 spiro atoms. The van der Waals surface area contributed by atoms with E-state index < -0.39 is 22.4 Å². The molecule has 2 aromatic carbocycles. The van der Waals surface area contributed by atoms with Crippen LogP contribution in [0.25, 0.3) is 0 Å². The normalized spacial score (nSPS) is 29.9. The van der Waals surface area contributed by atoms with Gasteiger partial charge in [0.25, 0.3) is 0 Å². The number of ether oxygens (including phenoxy) is 1. The van der Waals surface area contributed by atoms with E-state index in [4.69, 9.17) is 4.74 Å². The van der Waals surface area contributed by atoms with Crippen LogP contribution in [0.1, 0.15) is 34.2 Å². The summed E-state index contributed by atoms with van der Waals surface area (Å²) < 4.78 is 6.13. The second kappa shape index (κ2) is 7.11. The second-order valence-corrected chi connectivity index (χ2v) is 8.92. The highest BCUT2D eigenvalue weighted by molar-refractivity contribution is 8.00. The summed E-state index contributed by atoms with van der Waals surface area (Å²) in [5, 5.41) is 39.1. The molecule has 2 aliphatic heterocycles. The summed E-state index contributed by atoms with van der Waals surface area (Å²) in [5.41, 5.74) is 5.54. The molecule has 2 aromatic rings. The molecule has 6 heteroatoms. The summed E-state index contributed by atoms with van der Waals surface area (Å²) in [6, 6.07) is 11.5. The Morgan fingerprint density at radius 1 is 1.19 bits per heavy atom. The second-order valence-electron chi connectivity index (χ2n) is 7.42. The molecule has 5 nitrogen and oxygen atoms in total. The number of rotatable bonds is 3. The number of thioether (sulfide) groups is 1. The molecule has 0 amide bonds. The van der Waals surface area contributed by atoms with Crippen molar-refractivity contribution in [1.29, 1.82) is 0 Å². The van der Waals surface area contributed by atoms with E-state index in [1.165, 1.54) is 17.3 Å². The first-order valence-electron chi connectivity index (χ1n) is 9.11. The van der Waals surface area contributed by atoms with Crippen molar-refractivity contribution in [3.8, 4) is 5.75 Å². The zero-order valence-corrected chi connectivity index (χ0v) is 15.9. The quantitative estimate of drug-likeness (QED) is 0.645. The molecule has 0 radical (unpaired) electrons. The Labute approximate surface area is 162 Å². The van der Waals surface area contributed by atoms with E-state index in [9.17, 15) is 20.4 Å². The van der Waals surface area contributed by atoms with Crippen LogP contribution in [-0.4, -0.2) is 44.5 Å². The maximum absolute atomic E-state index is 10.3. The van der Waals surface area contributed by atoms with Gasteiger partial charge in [-0.05, 0) is 53.3 Å². The molecule has 2 aliphatic rings. The maximum Gasteiger partial charge on any atom is 0.143 e. The zero-order chi connectivity index (χ0) is 19.2. The summed E-state index contributed by atoms with van der Waals surface area (Å²) in [4.78, 5) is -0.737. The molecule has 0 aliphatic carbocycles. The van der Waals surface area contributed by atoms with Crippen LogP contribution in [0.3, 0.4) is 0 Å². The maximum atomic E-state index is 10.3. The predicted octanol–water partition coefficient (Wildman–Crippen LogP) is 2.19. The Balaban J connectivity index is 1.69. The number of phenols is 1. The first-order chi connectivity index (χ1) is 12.9. The lowest BCUT2D eigenvalue weighted by Crippen LogP contribution is -2.48. The van der Waals surface area contributed by atoms with Crippen molar-refractivity contribution in [3.05, 3.63) is 64.2 Å². The number of phenolic OH excluding ortho intramolecular Hbond substituents is 1. The molecular weight excluding hydrogens is 364 g/mol. The van der Waals surface area contributed by atoms with E-state index in [1.54, 1.807) is 12.1 Å². The summed E-state index contributed by atoms with van der Waals surface area (Å²) >= 11 is 1.40. The number of aliphatic hydroxyl groups excluding tert-OH is 3. The number of benzene rings is 2. The van der Waals surface area contributed by atoms with Crippen LogP contribution in [0.5, 0.6) is 5.75 Å². The monoisotopic (exact) mass is 388 g/mol. The van der Waals surface area contributed by atoms with Crippen LogP contribution < -0.4 is 0 Å². The smallest absolute Gasteiger partial charge is 0.143 e. The van der Waals surface area contributed by atoms with E-state index in [0.717, 1.165) is 28.7 Å². The number of aryl methyl sites for hydroxylation is 1. The summed E-state index contributed by atoms with van der Waals surface area (Å²) in [5.74, 6) is 0.248. The predicted molar refractivity (Wildman–Crippen MR) is 104 cm³/mol. The highest BCUT2D eigenvalue weighted by Gasteiger charge is 2.51. The Hall–Kier alpha value is -1.57. The Morgan fingerprint density at radius 2 is 1.93 bits per heavy atom. The van der Waals surface area contributed by atoms with Crippen LogP contribution in [0, 0.1) is 6.92 Å². The fourth-order valence-electron chi connectivity index (χ4n) is 4.00. The van der Waals surface area contributed by atoms with Gasteiger partial charge in [-0.15, -0.1) is 11.8 Å². The molecule has 0 bridgehead atoms. The zero-order valence-electron chi connectivity index (χ0n) is 15.1. The van der Waals surface area contributed by atoms with Gasteiger partial charge in [-0.3, -0.25) is 0 Å². The van der Waals surface area contributed by atoms with Gasteiger partial charge in [-0.2, -0.15) is 0 Å². The molecule has 1 saturated heterocycles. The summed E-state index contributed by atoms with van der Waals surface area (Å²) in [6.07, 6.45) is -0.866. The molecular formula is C21H24O5S. The van der Waals surface area contributed by atoms with Gasteiger partial charge in [0, 0.05) is 6.42 Å². The molecule has 4 rings (SSSR count). The highest BCUT2D eigenvalue weighted by atomic mass is 32.2. The average molecular weight is 388 g/mol. The van der Waals surface area contributed by atoms with Crippen LogP contribution >= 0.6 is 11.8 Å². The average Bonchev–Trinajstić information content (AvgIpc) is 2.97. The summed E-state index contributed by atoms with van der Waals surface area (Å²) in [7, 11) is 0. The first kappa shape index (κ1) is 18.8. The minimum absolute atomic E-state index is 0.213. The number of hydrogen-bond donors (Lipinski definition) is 4. The van der Waals surface area contributed by atoms with Crippen LogP contribution in [0.2, 0.25) is 0 Å². The lowest BCUT2D eigenvalue weighted by Gasteiger charge is -2.42. The van der Waals surface area contributed by atoms with Crippen LogP contribution in [-0.2, 0) is 22.7 Å². The van der Waals surface area contributed by atoms with Crippen molar-refractivity contribution < 1.29 is 25.2 Å². The fourth-order valence-corrected chi connectivity index (χ4v) is 5.60. The Bertz CT molecular complexity index is 837. The van der Waals surface area contributed by atoms with Gasteiger partial charge in [0.2, 0.25) is 0 Å². The third-order valence-electron chi connectivity index (χ3n) is 5.54. The van der Waals surface area contributed by atoms with Gasteiger partial charge in [0.15, 0.2) is 0 Å². The molecule has 0 aromatic heterocycles. The van der Waals surface area contributed by atoms with Crippen molar-refractivity contribution in [2.75, 3.05) is 6.61 Å². The van der Waals surface area contributed by atoms with E-state index in [0.29, 0.717) is 13.0 Å². The van der Waals surface area contributed by atoms with Crippen LogP contribution in [0.15, 0.2) is 36.4 Å². The standard InChI is InChI=1S/C21H24O5S/c1-12-6-15-11-26-21(9-18(24)20(25)19(10-22)27-21)17(15)8-14(12)7-13-2-4-16(23)5-3-13/h2-6,8,18-20,22-25H,7,9-11H2,1H3/t18?,19-,20+,21-/m1/s1. The molecule has 1 unspecified atom stereocenters. The Kier molecular flexibility index (Phi) is 4.94. The summed E-state index contributed by atoms with van der Waals surface area (Å²) in [6.45, 7) is 2.32. The van der Waals surface area contributed by atoms with Gasteiger partial charge in [0.1, 0.15) is 10.7 Å². The third-order valence-corrected chi connectivity index (χ3v) is 7.15. The van der Waals surface area contributed by atoms with Gasteiger partial charge in [-0.1, -0.05) is 24.3 Å². The highest BCUT2D eigenvalue weighted by Crippen LogP contribution is 2.54. The molecule has 27 heavy (non-hydrogen) atoms. The van der Waals surface area contributed by atoms with Crippen molar-refractivity contribution in [3.63, 3.8) is 0 Å². The lowest BCUT2D eigenvalue weighted by molar-refractivity contribution is -0.0618. The van der Waals surface area contributed by atoms with E-state index in [2.05, 4.69) is 19.1 Å². The van der Waals surface area contributed by atoms with Crippen molar-refractivity contribution in [2.45, 2.75) is 48.8 Å². The van der Waals surface area contributed by atoms with Gasteiger partial charge in [0.05, 0.1) is 30.7 Å². The largest absolute Gasteiger partial charge is 0.508 e. The fraction of sp³-hybridized carbons (Fsp3) is 0.429. The topological polar surface area (TPSA) is 90.2 Å². The van der Waals surface area contributed by atoms with Gasteiger partial charge >= 0.3 is 0 Å². The minimum Gasteiger partial charge on any atom is -0.508 e. The van der Waals surface area contributed by atoms with E-state index >= 15 is 0 Å². The third kappa shape index (κ3) is 3.37. The van der Waals surface area contributed by atoms with Crippen molar-refractivity contribution >= 4 is 11.8 Å². The molecule has 4 atom stereocenters. The van der Waals surface area contributed by atoms with Crippen molar-refractivity contribution in [2.24, 2.45) is 0 Å². The number of fused-ring (bicyclic) bond motifs is 2. The van der Waals surface area contributed by atoms with Gasteiger partial charge < -0.3 is 25.2 Å². The molecule has 2 heterocycles. The molecule has 144 valence electrons. The molecule has 0 saturated carbocycles. The number of aromatic hydroxyl groups is 1. The first-order valence-corrected chi connectivity index (χ1v) is 9.99. The molecule has 1 fully saturated rings. The molecule has 4 N–H and O–H groups in total. The van der Waals surface area contributed by atoms with Gasteiger partial charge in [-0.25, -0.2) is 0 Å². The number of aliphatic hydroxyl groups is 3. The lowest BCUT2D eigenvalue weighted by atomic mass is 9.91. The Morgan fingerprint density at radius 3 is 2.63 bits per heavy atom. The number of hydrogen-bond acceptors (Lipinski definition) is 6. The van der Waals surface area contributed by atoms with Crippen molar-refractivity contribution in [1.82, 2.24) is 0 Å². The van der Waals surface area contributed by atoms with E-state index in [1.807, 2.05) is 12.1 Å². The SMILES string of the molecule is Cc1cc2c(cc1Cc1ccc(O)cc1)[C@]1(CC(O)[C@H](O)[C@@H](CO)S1)OC2. The van der Waals surface area contributed by atoms with E-state index in [-0.39, 0.29) is 12.4 Å². The minimum atomic E-state index is -0.958. The van der Waals surface area contributed by atoms with Crippen LogP contribution in [0.4, 0.5) is 0 Å².